The molecule has 1 saturated heterocycles. The number of carbonyl (C=O) groups excluding carboxylic acids is 2. The van der Waals surface area contributed by atoms with Crippen molar-refractivity contribution in [3.05, 3.63) is 57.1 Å². The molecule has 1 aliphatic heterocycles. The van der Waals surface area contributed by atoms with Crippen LogP contribution in [0.3, 0.4) is 0 Å². The summed E-state index contributed by atoms with van der Waals surface area (Å²) in [6.45, 7) is 4.25. The number of thioether (sulfide) groups is 1. The topological polar surface area (TPSA) is 69.6 Å². The van der Waals surface area contributed by atoms with E-state index in [1.54, 1.807) is 23.5 Å². The molecule has 2 amide bonds. The average molecular weight is 447 g/mol. The van der Waals surface area contributed by atoms with E-state index in [4.69, 9.17) is 12.2 Å². The molecule has 2 aromatic rings. The van der Waals surface area contributed by atoms with Gasteiger partial charge in [-0.2, -0.15) is 0 Å². The molecule has 1 fully saturated rings. The molecule has 1 atom stereocenters. The molecule has 5 nitrogen and oxygen atoms in total. The molecule has 0 aliphatic carbocycles. The third-order valence-electron chi connectivity index (χ3n) is 4.47. The van der Waals surface area contributed by atoms with Crippen LogP contribution in [0, 0.1) is 5.92 Å². The Kier molecular flexibility index (Phi) is 7.10. The van der Waals surface area contributed by atoms with Gasteiger partial charge >= 0.3 is 0 Å². The summed E-state index contributed by atoms with van der Waals surface area (Å²) in [7, 11) is 0. The van der Waals surface area contributed by atoms with Gasteiger partial charge < -0.3 is 10.4 Å². The highest BCUT2D eigenvalue weighted by Crippen LogP contribution is 2.36. The Bertz CT molecular complexity index is 921. The van der Waals surface area contributed by atoms with Crippen molar-refractivity contribution in [3.63, 3.8) is 0 Å². The minimum absolute atomic E-state index is 0.0905. The van der Waals surface area contributed by atoms with E-state index in [1.807, 2.05) is 49.6 Å². The third kappa shape index (κ3) is 5.26. The average Bonchev–Trinajstić information content (AvgIpc) is 3.27. The van der Waals surface area contributed by atoms with E-state index in [0.29, 0.717) is 22.2 Å². The SMILES string of the molecule is CC(C)C(C(=O)NCCc1ccc(O)cc1)N1C(=O)C(=Cc2cccs2)SC1=S. The predicted octanol–water partition coefficient (Wildman–Crippen LogP) is 4.04. The van der Waals surface area contributed by atoms with Gasteiger partial charge in [-0.15, -0.1) is 11.3 Å². The van der Waals surface area contributed by atoms with Crippen molar-refractivity contribution in [1.29, 1.82) is 0 Å². The molecule has 8 heteroatoms. The number of carbonyl (C=O) groups is 2. The Morgan fingerprint density at radius 3 is 2.62 bits per heavy atom. The summed E-state index contributed by atoms with van der Waals surface area (Å²) in [4.78, 5) is 28.8. The largest absolute Gasteiger partial charge is 0.508 e. The lowest BCUT2D eigenvalue weighted by molar-refractivity contribution is -0.134. The monoisotopic (exact) mass is 446 g/mol. The zero-order valence-electron chi connectivity index (χ0n) is 16.1. The first-order chi connectivity index (χ1) is 13.9. The van der Waals surface area contributed by atoms with E-state index < -0.39 is 6.04 Å². The summed E-state index contributed by atoms with van der Waals surface area (Å²) in [5.74, 6) is -0.317. The number of aromatic hydroxyl groups is 1. The van der Waals surface area contributed by atoms with Crippen molar-refractivity contribution in [3.8, 4) is 5.75 Å². The standard InChI is InChI=1S/C21H22N2O3S3/c1-13(2)18(19(25)22-10-9-14-5-7-15(24)8-6-14)23-20(26)17(29-21(23)27)12-16-4-3-11-28-16/h3-8,11-13,18,24H,9-10H2,1-2H3,(H,22,25). The maximum Gasteiger partial charge on any atom is 0.266 e. The second-order valence-corrected chi connectivity index (χ2v) is 9.62. The van der Waals surface area contributed by atoms with E-state index in [1.165, 1.54) is 16.7 Å². The lowest BCUT2D eigenvalue weighted by Gasteiger charge is -2.29. The Balaban J connectivity index is 1.68. The maximum absolute atomic E-state index is 13.0. The first-order valence-electron chi connectivity index (χ1n) is 9.23. The molecule has 2 N–H and O–H groups in total. The minimum atomic E-state index is -0.656. The van der Waals surface area contributed by atoms with Crippen LogP contribution in [0.25, 0.3) is 6.08 Å². The fourth-order valence-electron chi connectivity index (χ4n) is 3.04. The van der Waals surface area contributed by atoms with E-state index in [2.05, 4.69) is 5.32 Å². The van der Waals surface area contributed by atoms with Crippen LogP contribution in [0.5, 0.6) is 5.75 Å². The summed E-state index contributed by atoms with van der Waals surface area (Å²) in [6.07, 6.45) is 2.46. The Morgan fingerprint density at radius 2 is 2.00 bits per heavy atom. The quantitative estimate of drug-likeness (QED) is 0.496. The zero-order valence-corrected chi connectivity index (χ0v) is 18.6. The number of phenols is 1. The summed E-state index contributed by atoms with van der Waals surface area (Å²) in [5.41, 5.74) is 1.01. The van der Waals surface area contributed by atoms with E-state index in [9.17, 15) is 14.7 Å². The highest BCUT2D eigenvalue weighted by Gasteiger charge is 2.41. The normalized spacial score (nSPS) is 16.7. The van der Waals surface area contributed by atoms with Crippen molar-refractivity contribution in [2.24, 2.45) is 5.92 Å². The molecule has 0 radical (unpaired) electrons. The van der Waals surface area contributed by atoms with Crippen LogP contribution in [-0.2, 0) is 16.0 Å². The van der Waals surface area contributed by atoms with Crippen LogP contribution >= 0.6 is 35.3 Å². The van der Waals surface area contributed by atoms with Crippen molar-refractivity contribution >= 4 is 57.5 Å². The molecule has 1 aromatic carbocycles. The van der Waals surface area contributed by atoms with E-state index in [-0.39, 0.29) is 23.5 Å². The lowest BCUT2D eigenvalue weighted by Crippen LogP contribution is -2.51. The predicted molar refractivity (Wildman–Crippen MR) is 123 cm³/mol. The smallest absolute Gasteiger partial charge is 0.266 e. The summed E-state index contributed by atoms with van der Waals surface area (Å²) >= 11 is 8.22. The molecule has 1 unspecified atom stereocenters. The summed E-state index contributed by atoms with van der Waals surface area (Å²) in [6, 6.07) is 10.1. The van der Waals surface area contributed by atoms with Crippen LogP contribution in [0.2, 0.25) is 0 Å². The number of nitrogens with zero attached hydrogens (tertiary/aromatic N) is 1. The number of nitrogens with one attached hydrogen (secondary N) is 1. The molecule has 152 valence electrons. The Hall–Kier alpha value is -2.16. The molecule has 2 heterocycles. The zero-order chi connectivity index (χ0) is 21.0. The van der Waals surface area contributed by atoms with Gasteiger partial charge in [-0.3, -0.25) is 14.5 Å². The van der Waals surface area contributed by atoms with Crippen molar-refractivity contribution in [2.45, 2.75) is 26.3 Å². The van der Waals surface area contributed by atoms with Gasteiger partial charge in [-0.1, -0.05) is 56.0 Å². The molecule has 1 aromatic heterocycles. The first kappa shape index (κ1) is 21.5. The number of thiophene rings is 1. The van der Waals surface area contributed by atoms with Gasteiger partial charge in [0.1, 0.15) is 16.1 Å². The molecular weight excluding hydrogens is 424 g/mol. The number of rotatable bonds is 7. The van der Waals surface area contributed by atoms with E-state index in [0.717, 1.165) is 10.4 Å². The van der Waals surface area contributed by atoms with Gasteiger partial charge in [0, 0.05) is 11.4 Å². The number of thiocarbonyl (C=S) groups is 1. The second-order valence-electron chi connectivity index (χ2n) is 6.96. The van der Waals surface area contributed by atoms with Gasteiger partial charge in [0.2, 0.25) is 5.91 Å². The van der Waals surface area contributed by atoms with Crippen molar-refractivity contribution < 1.29 is 14.7 Å². The molecule has 0 spiro atoms. The first-order valence-corrected chi connectivity index (χ1v) is 11.3. The molecular formula is C21H22N2O3S3. The second kappa shape index (κ2) is 9.56. The van der Waals surface area contributed by atoms with Gasteiger partial charge in [0.15, 0.2) is 0 Å². The molecule has 0 saturated carbocycles. The molecule has 29 heavy (non-hydrogen) atoms. The fraction of sp³-hybridized carbons (Fsp3) is 0.286. The van der Waals surface area contributed by atoms with Crippen LogP contribution in [-0.4, -0.2) is 38.7 Å². The number of benzene rings is 1. The number of hydrogen-bond acceptors (Lipinski definition) is 6. The Labute approximate surface area is 183 Å². The van der Waals surface area contributed by atoms with Crippen LogP contribution in [0.4, 0.5) is 0 Å². The highest BCUT2D eigenvalue weighted by atomic mass is 32.2. The fourth-order valence-corrected chi connectivity index (χ4v) is 5.09. The summed E-state index contributed by atoms with van der Waals surface area (Å²) < 4.78 is 0.408. The van der Waals surface area contributed by atoms with Gasteiger partial charge in [-0.05, 0) is 47.6 Å². The van der Waals surface area contributed by atoms with Gasteiger partial charge in [0.05, 0.1) is 4.91 Å². The van der Waals surface area contributed by atoms with Crippen molar-refractivity contribution in [2.75, 3.05) is 6.54 Å². The molecule has 3 rings (SSSR count). The Morgan fingerprint density at radius 1 is 1.28 bits per heavy atom. The highest BCUT2D eigenvalue weighted by molar-refractivity contribution is 8.26. The van der Waals surface area contributed by atoms with E-state index >= 15 is 0 Å². The molecule has 1 aliphatic rings. The number of hydrogen-bond donors (Lipinski definition) is 2. The van der Waals surface area contributed by atoms with Crippen LogP contribution in [0.1, 0.15) is 24.3 Å². The van der Waals surface area contributed by atoms with Gasteiger partial charge in [-0.25, -0.2) is 0 Å². The van der Waals surface area contributed by atoms with Crippen LogP contribution < -0.4 is 5.32 Å². The van der Waals surface area contributed by atoms with Gasteiger partial charge in [0.25, 0.3) is 5.91 Å². The lowest BCUT2D eigenvalue weighted by atomic mass is 10.0. The summed E-state index contributed by atoms with van der Waals surface area (Å²) in [5, 5.41) is 14.2. The minimum Gasteiger partial charge on any atom is -0.508 e. The number of amides is 2. The number of phenolic OH excluding ortho intramolecular Hbond substituents is 1. The van der Waals surface area contributed by atoms with Crippen LogP contribution in [0.15, 0.2) is 46.7 Å². The maximum atomic E-state index is 13.0. The van der Waals surface area contributed by atoms with Crippen molar-refractivity contribution in [1.82, 2.24) is 10.2 Å². The molecule has 0 bridgehead atoms. The third-order valence-corrected chi connectivity index (χ3v) is 6.62.